The van der Waals surface area contributed by atoms with E-state index in [1.165, 1.54) is 17.7 Å². The quantitative estimate of drug-likeness (QED) is 0.799. The molecule has 2 unspecified atom stereocenters. The van der Waals surface area contributed by atoms with Crippen LogP contribution in [0, 0.1) is 11.7 Å². The highest BCUT2D eigenvalue weighted by molar-refractivity contribution is 5.83. The van der Waals surface area contributed by atoms with Crippen LogP contribution in [-0.2, 0) is 16.0 Å². The summed E-state index contributed by atoms with van der Waals surface area (Å²) in [6.07, 6.45) is 1.84. The van der Waals surface area contributed by atoms with Crippen molar-refractivity contribution < 1.29 is 14.0 Å². The molecule has 2 aromatic carbocycles. The van der Waals surface area contributed by atoms with Gasteiger partial charge in [0, 0.05) is 38.5 Å². The van der Waals surface area contributed by atoms with Crippen molar-refractivity contribution in [2.24, 2.45) is 5.92 Å². The molecule has 1 saturated carbocycles. The maximum Gasteiger partial charge on any atom is 0.226 e. The van der Waals surface area contributed by atoms with Gasteiger partial charge >= 0.3 is 0 Å². The van der Waals surface area contributed by atoms with E-state index in [-0.39, 0.29) is 23.5 Å². The predicted octanol–water partition coefficient (Wildman–Crippen LogP) is 3.23. The lowest BCUT2D eigenvalue weighted by Gasteiger charge is -2.35. The van der Waals surface area contributed by atoms with Crippen molar-refractivity contribution in [1.29, 1.82) is 0 Å². The molecule has 28 heavy (non-hydrogen) atoms. The van der Waals surface area contributed by atoms with Crippen molar-refractivity contribution in [2.75, 3.05) is 26.2 Å². The Morgan fingerprint density at radius 3 is 2.36 bits per heavy atom. The number of amides is 2. The largest absolute Gasteiger partial charge is 0.339 e. The van der Waals surface area contributed by atoms with Crippen molar-refractivity contribution in [2.45, 2.75) is 25.2 Å². The highest BCUT2D eigenvalue weighted by Gasteiger charge is 2.46. The molecule has 0 N–H and O–H groups in total. The maximum absolute atomic E-state index is 13.2. The SMILES string of the molecule is O=C(CCc1cccc(F)c1)N1CCN(C(=O)C2CC2c2ccccc2)CC1. The zero-order valence-electron chi connectivity index (χ0n) is 15.9. The zero-order valence-corrected chi connectivity index (χ0v) is 15.9. The molecule has 0 radical (unpaired) electrons. The first-order chi connectivity index (χ1) is 13.6. The number of carbonyl (C=O) groups is 2. The molecule has 1 saturated heterocycles. The number of hydrogen-bond acceptors (Lipinski definition) is 2. The van der Waals surface area contributed by atoms with Crippen molar-refractivity contribution in [1.82, 2.24) is 9.80 Å². The molecular weight excluding hydrogens is 355 g/mol. The first kappa shape index (κ1) is 18.7. The fourth-order valence-electron chi connectivity index (χ4n) is 4.05. The molecule has 1 heterocycles. The predicted molar refractivity (Wildman–Crippen MR) is 105 cm³/mol. The summed E-state index contributed by atoms with van der Waals surface area (Å²) in [7, 11) is 0. The average molecular weight is 380 g/mol. The monoisotopic (exact) mass is 380 g/mol. The van der Waals surface area contributed by atoms with Gasteiger partial charge in [-0.25, -0.2) is 4.39 Å². The third kappa shape index (κ3) is 4.24. The lowest BCUT2D eigenvalue weighted by Crippen LogP contribution is -2.51. The van der Waals surface area contributed by atoms with Crippen LogP contribution in [0.5, 0.6) is 0 Å². The van der Waals surface area contributed by atoms with Crippen molar-refractivity contribution >= 4 is 11.8 Å². The van der Waals surface area contributed by atoms with Crippen LogP contribution in [0.15, 0.2) is 54.6 Å². The van der Waals surface area contributed by atoms with E-state index in [2.05, 4.69) is 12.1 Å². The van der Waals surface area contributed by atoms with Gasteiger partial charge in [0.15, 0.2) is 0 Å². The molecule has 2 aromatic rings. The van der Waals surface area contributed by atoms with Gasteiger partial charge in [-0.15, -0.1) is 0 Å². The minimum absolute atomic E-state index is 0.0740. The van der Waals surface area contributed by atoms with Gasteiger partial charge in [0.2, 0.25) is 11.8 Å². The number of rotatable bonds is 5. The summed E-state index contributed by atoms with van der Waals surface area (Å²) in [6, 6.07) is 16.6. The van der Waals surface area contributed by atoms with E-state index in [1.54, 1.807) is 6.07 Å². The number of hydrogen-bond donors (Lipinski definition) is 0. The molecule has 2 fully saturated rings. The first-order valence-electron chi connectivity index (χ1n) is 9.98. The van der Waals surface area contributed by atoms with Gasteiger partial charge in [-0.1, -0.05) is 42.5 Å². The summed E-state index contributed by atoms with van der Waals surface area (Å²) >= 11 is 0. The second-order valence-corrected chi connectivity index (χ2v) is 7.70. The Hall–Kier alpha value is -2.69. The van der Waals surface area contributed by atoms with Crippen molar-refractivity contribution in [3.05, 3.63) is 71.5 Å². The molecule has 1 aliphatic heterocycles. The Morgan fingerprint density at radius 2 is 1.64 bits per heavy atom. The van der Waals surface area contributed by atoms with Crippen LogP contribution >= 0.6 is 0 Å². The number of nitrogens with zero attached hydrogens (tertiary/aromatic N) is 2. The average Bonchev–Trinajstić information content (AvgIpc) is 3.53. The van der Waals surface area contributed by atoms with Crippen molar-refractivity contribution in [3.8, 4) is 0 Å². The van der Waals surface area contributed by atoms with Gasteiger partial charge < -0.3 is 9.80 Å². The normalized spacial score (nSPS) is 21.5. The fourth-order valence-corrected chi connectivity index (χ4v) is 4.05. The summed E-state index contributed by atoms with van der Waals surface area (Å²) in [5, 5.41) is 0. The van der Waals surface area contributed by atoms with Crippen LogP contribution in [0.4, 0.5) is 4.39 Å². The summed E-state index contributed by atoms with van der Waals surface area (Å²) in [5.41, 5.74) is 2.08. The van der Waals surface area contributed by atoms with Crippen molar-refractivity contribution in [3.63, 3.8) is 0 Å². The molecule has 0 spiro atoms. The minimum Gasteiger partial charge on any atom is -0.339 e. The van der Waals surface area contributed by atoms with E-state index in [9.17, 15) is 14.0 Å². The molecule has 2 amide bonds. The van der Waals surface area contributed by atoms with Crippen LogP contribution in [0.25, 0.3) is 0 Å². The number of halogens is 1. The summed E-state index contributed by atoms with van der Waals surface area (Å²) < 4.78 is 13.2. The molecule has 4 rings (SSSR count). The van der Waals surface area contributed by atoms with Gasteiger partial charge in [0.1, 0.15) is 5.82 Å². The number of carbonyl (C=O) groups excluding carboxylic acids is 2. The Morgan fingerprint density at radius 1 is 0.929 bits per heavy atom. The van der Waals surface area contributed by atoms with E-state index >= 15 is 0 Å². The Labute approximate surface area is 164 Å². The second-order valence-electron chi connectivity index (χ2n) is 7.70. The second kappa shape index (κ2) is 8.13. The topological polar surface area (TPSA) is 40.6 Å². The Balaban J connectivity index is 1.23. The van der Waals surface area contributed by atoms with E-state index in [4.69, 9.17) is 0 Å². The van der Waals surface area contributed by atoms with Crippen LogP contribution in [-0.4, -0.2) is 47.8 Å². The van der Waals surface area contributed by atoms with E-state index in [1.807, 2.05) is 34.1 Å². The van der Waals surface area contributed by atoms with Gasteiger partial charge in [0.25, 0.3) is 0 Å². The minimum atomic E-state index is -0.272. The van der Waals surface area contributed by atoms with E-state index in [0.717, 1.165) is 12.0 Å². The molecular formula is C23H25FN2O2. The zero-order chi connectivity index (χ0) is 19.5. The van der Waals surface area contributed by atoms with Gasteiger partial charge in [0.05, 0.1) is 0 Å². The molecule has 1 aliphatic carbocycles. The lowest BCUT2D eigenvalue weighted by atomic mass is 10.1. The third-order valence-corrected chi connectivity index (χ3v) is 5.80. The molecule has 2 atom stereocenters. The first-order valence-corrected chi connectivity index (χ1v) is 9.98. The van der Waals surface area contributed by atoms with Gasteiger partial charge in [-0.05, 0) is 42.0 Å². The molecule has 2 aliphatic rings. The molecule has 0 aromatic heterocycles. The third-order valence-electron chi connectivity index (χ3n) is 5.80. The van der Waals surface area contributed by atoms with E-state index < -0.39 is 0 Å². The molecule has 146 valence electrons. The molecule has 5 heteroatoms. The summed E-state index contributed by atoms with van der Waals surface area (Å²) in [5.74, 6) is 0.467. The number of piperazine rings is 1. The molecule has 4 nitrogen and oxygen atoms in total. The fraction of sp³-hybridized carbons (Fsp3) is 0.391. The van der Waals surface area contributed by atoms with Gasteiger partial charge in [-0.2, -0.15) is 0 Å². The Kier molecular flexibility index (Phi) is 5.42. The maximum atomic E-state index is 13.2. The number of aryl methyl sites for hydroxylation is 1. The van der Waals surface area contributed by atoms with Crippen LogP contribution in [0.3, 0.4) is 0 Å². The lowest BCUT2D eigenvalue weighted by molar-refractivity contribution is -0.140. The summed E-state index contributed by atoms with van der Waals surface area (Å²) in [6.45, 7) is 2.36. The smallest absolute Gasteiger partial charge is 0.226 e. The standard InChI is InChI=1S/C23H25FN2O2/c24-19-8-4-5-17(15-19)9-10-22(27)25-11-13-26(14-12-25)23(28)21-16-20(21)18-6-2-1-3-7-18/h1-8,15,20-21H,9-14,16H2. The summed E-state index contributed by atoms with van der Waals surface area (Å²) in [4.78, 5) is 28.9. The van der Waals surface area contributed by atoms with Crippen LogP contribution in [0.2, 0.25) is 0 Å². The van der Waals surface area contributed by atoms with E-state index in [0.29, 0.717) is 44.9 Å². The van der Waals surface area contributed by atoms with Crippen LogP contribution in [0.1, 0.15) is 29.9 Å². The molecule has 0 bridgehead atoms. The van der Waals surface area contributed by atoms with Gasteiger partial charge in [-0.3, -0.25) is 9.59 Å². The highest BCUT2D eigenvalue weighted by Crippen LogP contribution is 2.48. The van der Waals surface area contributed by atoms with Crippen LogP contribution < -0.4 is 0 Å². The highest BCUT2D eigenvalue weighted by atomic mass is 19.1. The Bertz CT molecular complexity index is 847. The number of benzene rings is 2.